The minimum atomic E-state index is -0.961. The number of aliphatic hydroxyl groups is 1. The molecule has 3 atom stereocenters. The summed E-state index contributed by atoms with van der Waals surface area (Å²) >= 11 is 6.05. The van der Waals surface area contributed by atoms with E-state index in [0.717, 1.165) is 12.0 Å². The Morgan fingerprint density at radius 1 is 1.14 bits per heavy atom. The molecule has 1 aromatic heterocycles. The highest BCUT2D eigenvalue weighted by Crippen LogP contribution is 2.47. The van der Waals surface area contributed by atoms with Crippen molar-refractivity contribution in [2.45, 2.75) is 57.3 Å². The lowest BCUT2D eigenvalue weighted by Crippen LogP contribution is -2.36. The van der Waals surface area contributed by atoms with Crippen molar-refractivity contribution < 1.29 is 5.11 Å². The van der Waals surface area contributed by atoms with Crippen LogP contribution in [0.15, 0.2) is 42.5 Å². The van der Waals surface area contributed by atoms with Crippen LogP contribution in [0.4, 0.5) is 0 Å². The molecule has 1 fully saturated rings. The molecule has 0 amide bonds. The average Bonchev–Trinajstić information content (AvgIpc) is 3.06. The summed E-state index contributed by atoms with van der Waals surface area (Å²) in [5.41, 5.74) is 5.38. The monoisotopic (exact) mass is 394 g/mol. The van der Waals surface area contributed by atoms with Crippen LogP contribution < -0.4 is 0 Å². The zero-order valence-electron chi connectivity index (χ0n) is 16.7. The molecular formula is C24H27ClN2O. The summed E-state index contributed by atoms with van der Waals surface area (Å²) in [4.78, 5) is 2.56. The van der Waals surface area contributed by atoms with Gasteiger partial charge in [0.1, 0.15) is 5.60 Å². The molecule has 3 nitrogen and oxygen atoms in total. The maximum atomic E-state index is 11.4. The van der Waals surface area contributed by atoms with Crippen molar-refractivity contribution in [3.8, 4) is 0 Å². The lowest BCUT2D eigenvalue weighted by Gasteiger charge is -2.33. The maximum Gasteiger partial charge on any atom is 0.105 e. The summed E-state index contributed by atoms with van der Waals surface area (Å²) in [5, 5.41) is 13.4. The maximum absolute atomic E-state index is 11.4. The van der Waals surface area contributed by atoms with Gasteiger partial charge in [-0.25, -0.2) is 0 Å². The van der Waals surface area contributed by atoms with Gasteiger partial charge in [0, 0.05) is 40.1 Å². The van der Waals surface area contributed by atoms with E-state index in [2.05, 4.69) is 41.6 Å². The van der Waals surface area contributed by atoms with Gasteiger partial charge in [-0.2, -0.15) is 0 Å². The van der Waals surface area contributed by atoms with Gasteiger partial charge in [-0.3, -0.25) is 4.90 Å². The number of likely N-dealkylation sites (N-methyl/N-ethyl adjacent to an activating group) is 1. The first-order chi connectivity index (χ1) is 13.3. The van der Waals surface area contributed by atoms with Gasteiger partial charge in [0.15, 0.2) is 0 Å². The van der Waals surface area contributed by atoms with Crippen molar-refractivity contribution in [1.29, 1.82) is 0 Å². The average molecular weight is 395 g/mol. The number of rotatable bonds is 3. The molecule has 0 spiro atoms. The Hall–Kier alpha value is -1.81. The standard InChI is InChI=1S/C24H27ClN2O/c1-15-4-10-20-19(12-15)23-21-11-9-18(26(21)3)13-22(23)27(20)14-24(2,28)16-5-7-17(25)8-6-16/h4-8,10,12,18,21,28H,9,11,13-14H2,1-3H3. The lowest BCUT2D eigenvalue weighted by atomic mass is 9.95. The number of hydrogen-bond acceptors (Lipinski definition) is 2. The topological polar surface area (TPSA) is 28.4 Å². The number of aryl methyl sites for hydroxylation is 1. The van der Waals surface area contributed by atoms with Crippen LogP contribution in [0.25, 0.3) is 10.9 Å². The fourth-order valence-electron chi connectivity index (χ4n) is 5.36. The molecule has 1 N–H and O–H groups in total. The highest BCUT2D eigenvalue weighted by Gasteiger charge is 2.41. The number of aromatic nitrogens is 1. The van der Waals surface area contributed by atoms with Gasteiger partial charge in [0.25, 0.3) is 0 Å². The highest BCUT2D eigenvalue weighted by molar-refractivity contribution is 6.30. The zero-order chi connectivity index (χ0) is 19.6. The van der Waals surface area contributed by atoms with Crippen LogP contribution in [0.5, 0.6) is 0 Å². The first-order valence-electron chi connectivity index (χ1n) is 10.2. The van der Waals surface area contributed by atoms with Crippen molar-refractivity contribution in [3.63, 3.8) is 0 Å². The third-order valence-electron chi connectivity index (χ3n) is 6.90. The summed E-state index contributed by atoms with van der Waals surface area (Å²) in [5.74, 6) is 0. The fraction of sp³-hybridized carbons (Fsp3) is 0.417. The molecule has 3 unspecified atom stereocenters. The van der Waals surface area contributed by atoms with E-state index in [1.807, 2.05) is 31.2 Å². The van der Waals surface area contributed by atoms with Gasteiger partial charge in [0.2, 0.25) is 0 Å². The molecule has 0 saturated carbocycles. The van der Waals surface area contributed by atoms with Crippen molar-refractivity contribution in [1.82, 2.24) is 9.47 Å². The molecule has 0 aliphatic carbocycles. The molecule has 146 valence electrons. The van der Waals surface area contributed by atoms with Crippen LogP contribution in [-0.4, -0.2) is 27.7 Å². The number of halogens is 1. The normalized spacial score (nSPS) is 23.8. The molecule has 2 bridgehead atoms. The summed E-state index contributed by atoms with van der Waals surface area (Å²) in [7, 11) is 2.27. The van der Waals surface area contributed by atoms with E-state index >= 15 is 0 Å². The van der Waals surface area contributed by atoms with E-state index in [4.69, 9.17) is 11.6 Å². The molecule has 3 aromatic rings. The summed E-state index contributed by atoms with van der Waals surface area (Å²) in [6, 6.07) is 15.4. The fourth-order valence-corrected chi connectivity index (χ4v) is 5.48. The number of fused-ring (bicyclic) bond motifs is 6. The SMILES string of the molecule is Cc1ccc2c(c1)c1c(n2CC(C)(O)c2ccc(Cl)cc2)CC2CCC1N2C. The predicted octanol–water partition coefficient (Wildman–Crippen LogP) is 5.20. The van der Waals surface area contributed by atoms with Gasteiger partial charge in [-0.05, 0) is 69.1 Å². The van der Waals surface area contributed by atoms with Gasteiger partial charge in [-0.15, -0.1) is 0 Å². The van der Waals surface area contributed by atoms with Crippen LogP contribution >= 0.6 is 11.6 Å². The number of hydrogen-bond donors (Lipinski definition) is 1. The van der Waals surface area contributed by atoms with Gasteiger partial charge in [-0.1, -0.05) is 35.4 Å². The first kappa shape index (κ1) is 18.2. The molecule has 5 rings (SSSR count). The van der Waals surface area contributed by atoms with Crippen molar-refractivity contribution in [3.05, 3.63) is 69.9 Å². The van der Waals surface area contributed by atoms with E-state index in [9.17, 15) is 5.11 Å². The van der Waals surface area contributed by atoms with E-state index in [0.29, 0.717) is 23.7 Å². The Balaban J connectivity index is 1.66. The van der Waals surface area contributed by atoms with Crippen LogP contribution in [-0.2, 0) is 18.6 Å². The minimum Gasteiger partial charge on any atom is -0.384 e. The zero-order valence-corrected chi connectivity index (χ0v) is 17.5. The molecule has 2 aliphatic rings. The quantitative estimate of drug-likeness (QED) is 0.661. The van der Waals surface area contributed by atoms with Crippen molar-refractivity contribution >= 4 is 22.5 Å². The Morgan fingerprint density at radius 2 is 1.89 bits per heavy atom. The molecule has 3 heterocycles. The predicted molar refractivity (Wildman–Crippen MR) is 115 cm³/mol. The van der Waals surface area contributed by atoms with Crippen LogP contribution in [0, 0.1) is 6.92 Å². The van der Waals surface area contributed by atoms with Crippen molar-refractivity contribution in [2.24, 2.45) is 0 Å². The smallest absolute Gasteiger partial charge is 0.105 e. The molecular weight excluding hydrogens is 368 g/mol. The molecule has 1 saturated heterocycles. The second-order valence-corrected chi connectivity index (χ2v) is 9.30. The van der Waals surface area contributed by atoms with Gasteiger partial charge < -0.3 is 9.67 Å². The van der Waals surface area contributed by atoms with Crippen LogP contribution in [0.3, 0.4) is 0 Å². The molecule has 0 radical (unpaired) electrons. The first-order valence-corrected chi connectivity index (χ1v) is 10.5. The van der Waals surface area contributed by atoms with Crippen LogP contribution in [0.1, 0.15) is 48.2 Å². The number of nitrogens with zero attached hydrogens (tertiary/aromatic N) is 2. The molecule has 4 heteroatoms. The Morgan fingerprint density at radius 3 is 2.64 bits per heavy atom. The van der Waals surface area contributed by atoms with Crippen molar-refractivity contribution in [2.75, 3.05) is 7.05 Å². The summed E-state index contributed by atoms with van der Waals surface area (Å²) in [6.45, 7) is 4.62. The molecule has 28 heavy (non-hydrogen) atoms. The third kappa shape index (κ3) is 2.72. The number of benzene rings is 2. The van der Waals surface area contributed by atoms with E-state index < -0.39 is 5.60 Å². The van der Waals surface area contributed by atoms with Gasteiger partial charge in [0.05, 0.1) is 6.54 Å². The minimum absolute atomic E-state index is 0.500. The van der Waals surface area contributed by atoms with E-state index in [1.54, 1.807) is 0 Å². The lowest BCUT2D eigenvalue weighted by molar-refractivity contribution is 0.0382. The summed E-state index contributed by atoms with van der Waals surface area (Å²) in [6.07, 6.45) is 3.55. The summed E-state index contributed by atoms with van der Waals surface area (Å²) < 4.78 is 2.39. The van der Waals surface area contributed by atoms with Gasteiger partial charge >= 0.3 is 0 Å². The molecule has 2 aromatic carbocycles. The highest BCUT2D eigenvalue weighted by atomic mass is 35.5. The largest absolute Gasteiger partial charge is 0.384 e. The van der Waals surface area contributed by atoms with Crippen LogP contribution in [0.2, 0.25) is 5.02 Å². The third-order valence-corrected chi connectivity index (χ3v) is 7.16. The van der Waals surface area contributed by atoms with E-state index in [1.165, 1.54) is 40.6 Å². The molecule has 2 aliphatic heterocycles. The second kappa shape index (κ2) is 6.35. The Labute approximate surface area is 171 Å². The Bertz CT molecular complexity index is 1050. The van der Waals surface area contributed by atoms with E-state index in [-0.39, 0.29) is 0 Å². The Kier molecular flexibility index (Phi) is 4.13. The second-order valence-electron chi connectivity index (χ2n) is 8.86.